The van der Waals surface area contributed by atoms with Crippen LogP contribution in [0.5, 0.6) is 0 Å². The monoisotopic (exact) mass is 249 g/mol. The largest absolute Gasteiger partial charge is 0.353 e. The molecule has 1 atom stereocenters. The molecule has 98 valence electrons. The third kappa shape index (κ3) is 2.25. The van der Waals surface area contributed by atoms with Crippen molar-refractivity contribution in [3.8, 4) is 0 Å². The highest BCUT2D eigenvalue weighted by atomic mass is 16.2. The van der Waals surface area contributed by atoms with Gasteiger partial charge in [-0.15, -0.1) is 10.2 Å². The van der Waals surface area contributed by atoms with Gasteiger partial charge in [0.05, 0.1) is 12.6 Å². The van der Waals surface area contributed by atoms with Crippen molar-refractivity contribution in [2.75, 3.05) is 13.1 Å². The third-order valence-corrected chi connectivity index (χ3v) is 3.89. The zero-order chi connectivity index (χ0) is 12.4. The molecule has 3 rings (SSSR count). The van der Waals surface area contributed by atoms with Crippen LogP contribution in [0.4, 0.5) is 0 Å². The fourth-order valence-electron chi connectivity index (χ4n) is 2.89. The molecular formula is C12H19N5O. The highest BCUT2D eigenvalue weighted by Crippen LogP contribution is 2.29. The lowest BCUT2D eigenvalue weighted by atomic mass is 9.95. The van der Waals surface area contributed by atoms with Crippen LogP contribution in [0.15, 0.2) is 6.33 Å². The van der Waals surface area contributed by atoms with E-state index in [0.717, 1.165) is 5.82 Å². The number of aromatic nitrogens is 3. The van der Waals surface area contributed by atoms with E-state index in [4.69, 9.17) is 0 Å². The first kappa shape index (κ1) is 11.6. The Labute approximate surface area is 106 Å². The lowest BCUT2D eigenvalue weighted by molar-refractivity contribution is -0.121. The third-order valence-electron chi connectivity index (χ3n) is 3.89. The summed E-state index contributed by atoms with van der Waals surface area (Å²) in [5.41, 5.74) is 0. The number of nitrogens with zero attached hydrogens (tertiary/aromatic N) is 3. The van der Waals surface area contributed by atoms with E-state index in [2.05, 4.69) is 25.4 Å². The molecular weight excluding hydrogens is 230 g/mol. The molecule has 6 nitrogen and oxygen atoms in total. The number of nitrogens with one attached hydrogen (secondary N) is 2. The molecule has 2 fully saturated rings. The number of carbonyl (C=O) groups is 1. The molecule has 0 spiro atoms. The minimum atomic E-state index is 0.0509. The number of amides is 1. The summed E-state index contributed by atoms with van der Waals surface area (Å²) in [6.07, 6.45) is 8.18. The van der Waals surface area contributed by atoms with Gasteiger partial charge in [-0.25, -0.2) is 0 Å². The molecule has 1 aromatic rings. The van der Waals surface area contributed by atoms with Gasteiger partial charge in [0.2, 0.25) is 5.91 Å². The average molecular weight is 249 g/mol. The average Bonchev–Trinajstić information content (AvgIpc) is 2.90. The zero-order valence-corrected chi connectivity index (χ0v) is 10.4. The van der Waals surface area contributed by atoms with Crippen LogP contribution in [0.1, 0.15) is 50.0 Å². The second-order valence-electron chi connectivity index (χ2n) is 5.13. The maximum Gasteiger partial charge on any atom is 0.234 e. The summed E-state index contributed by atoms with van der Waals surface area (Å²) in [7, 11) is 0. The van der Waals surface area contributed by atoms with Gasteiger partial charge in [-0.3, -0.25) is 10.1 Å². The summed E-state index contributed by atoms with van der Waals surface area (Å²) in [5.74, 6) is 1.01. The van der Waals surface area contributed by atoms with Gasteiger partial charge in [-0.1, -0.05) is 19.3 Å². The predicted octanol–water partition coefficient (Wildman–Crippen LogP) is 0.544. The van der Waals surface area contributed by atoms with E-state index in [0.29, 0.717) is 19.1 Å². The van der Waals surface area contributed by atoms with Gasteiger partial charge in [0.1, 0.15) is 6.33 Å². The second kappa shape index (κ2) is 5.06. The van der Waals surface area contributed by atoms with E-state index in [1.54, 1.807) is 0 Å². The highest BCUT2D eigenvalue weighted by molar-refractivity contribution is 5.78. The van der Waals surface area contributed by atoms with E-state index in [1.165, 1.54) is 32.1 Å². The number of rotatable bonds is 2. The van der Waals surface area contributed by atoms with Crippen LogP contribution in [0.2, 0.25) is 0 Å². The lowest BCUT2D eigenvalue weighted by Crippen LogP contribution is -2.47. The fourth-order valence-corrected chi connectivity index (χ4v) is 2.89. The highest BCUT2D eigenvalue weighted by Gasteiger charge is 2.26. The number of piperazine rings is 1. The number of hydrogen-bond acceptors (Lipinski definition) is 4. The van der Waals surface area contributed by atoms with Crippen molar-refractivity contribution in [3.63, 3.8) is 0 Å². The Kier molecular flexibility index (Phi) is 3.27. The van der Waals surface area contributed by atoms with Gasteiger partial charge < -0.3 is 9.88 Å². The Morgan fingerprint density at radius 2 is 2.11 bits per heavy atom. The molecule has 18 heavy (non-hydrogen) atoms. The molecule has 1 saturated carbocycles. The molecule has 1 amide bonds. The van der Waals surface area contributed by atoms with Gasteiger partial charge >= 0.3 is 0 Å². The first-order chi connectivity index (χ1) is 8.84. The van der Waals surface area contributed by atoms with Crippen LogP contribution >= 0.6 is 0 Å². The number of carbonyl (C=O) groups excluding carboxylic acids is 1. The fraction of sp³-hybridized carbons (Fsp3) is 0.750. The van der Waals surface area contributed by atoms with Crippen LogP contribution in [-0.2, 0) is 4.79 Å². The maximum absolute atomic E-state index is 11.1. The first-order valence-electron chi connectivity index (χ1n) is 6.74. The summed E-state index contributed by atoms with van der Waals surface area (Å²) < 4.78 is 2.20. The van der Waals surface area contributed by atoms with Crippen molar-refractivity contribution in [1.29, 1.82) is 0 Å². The molecule has 1 aromatic heterocycles. The van der Waals surface area contributed by atoms with Crippen LogP contribution in [-0.4, -0.2) is 33.8 Å². The van der Waals surface area contributed by atoms with Gasteiger partial charge in [0.15, 0.2) is 5.82 Å². The van der Waals surface area contributed by atoms with Crippen molar-refractivity contribution in [3.05, 3.63) is 12.2 Å². The molecule has 1 aliphatic carbocycles. The molecule has 2 N–H and O–H groups in total. The molecule has 2 heterocycles. The van der Waals surface area contributed by atoms with Crippen LogP contribution in [0.25, 0.3) is 0 Å². The summed E-state index contributed by atoms with van der Waals surface area (Å²) in [4.78, 5) is 11.1. The van der Waals surface area contributed by atoms with Gasteiger partial charge in [0.25, 0.3) is 0 Å². The van der Waals surface area contributed by atoms with E-state index < -0.39 is 0 Å². The Hall–Kier alpha value is -1.43. The van der Waals surface area contributed by atoms with Gasteiger partial charge in [0, 0.05) is 12.6 Å². The zero-order valence-electron chi connectivity index (χ0n) is 10.4. The first-order valence-corrected chi connectivity index (χ1v) is 6.74. The predicted molar refractivity (Wildman–Crippen MR) is 65.9 cm³/mol. The summed E-state index contributed by atoms with van der Waals surface area (Å²) in [5, 5.41) is 14.4. The van der Waals surface area contributed by atoms with E-state index in [1.807, 2.05) is 6.33 Å². The van der Waals surface area contributed by atoms with Crippen LogP contribution < -0.4 is 10.6 Å². The van der Waals surface area contributed by atoms with Crippen molar-refractivity contribution < 1.29 is 4.79 Å². The lowest BCUT2D eigenvalue weighted by Gasteiger charge is -2.28. The Morgan fingerprint density at radius 3 is 2.83 bits per heavy atom. The van der Waals surface area contributed by atoms with Crippen molar-refractivity contribution in [2.24, 2.45) is 0 Å². The van der Waals surface area contributed by atoms with E-state index >= 15 is 0 Å². The second-order valence-corrected chi connectivity index (χ2v) is 5.13. The molecule has 0 aromatic carbocycles. The van der Waals surface area contributed by atoms with Crippen LogP contribution in [0.3, 0.4) is 0 Å². The summed E-state index contributed by atoms with van der Waals surface area (Å²) >= 11 is 0. The Morgan fingerprint density at radius 1 is 1.28 bits per heavy atom. The normalized spacial score (nSPS) is 26.0. The van der Waals surface area contributed by atoms with Crippen molar-refractivity contribution in [1.82, 2.24) is 25.4 Å². The minimum absolute atomic E-state index is 0.0509. The SMILES string of the molecule is O=C1CNC(c2nncn2C2CCCCC2)CN1. The van der Waals surface area contributed by atoms with E-state index in [-0.39, 0.29) is 11.9 Å². The quantitative estimate of drug-likeness (QED) is 0.802. The van der Waals surface area contributed by atoms with Crippen molar-refractivity contribution >= 4 is 5.91 Å². The maximum atomic E-state index is 11.1. The van der Waals surface area contributed by atoms with Crippen molar-refractivity contribution in [2.45, 2.75) is 44.2 Å². The van der Waals surface area contributed by atoms with Gasteiger partial charge in [-0.05, 0) is 12.8 Å². The molecule has 1 saturated heterocycles. The van der Waals surface area contributed by atoms with E-state index in [9.17, 15) is 4.79 Å². The number of hydrogen-bond donors (Lipinski definition) is 2. The van der Waals surface area contributed by atoms with Crippen LogP contribution in [0, 0.1) is 0 Å². The topological polar surface area (TPSA) is 71.8 Å². The minimum Gasteiger partial charge on any atom is -0.353 e. The molecule has 2 aliphatic rings. The smallest absolute Gasteiger partial charge is 0.234 e. The molecule has 6 heteroatoms. The van der Waals surface area contributed by atoms with Gasteiger partial charge in [-0.2, -0.15) is 0 Å². The summed E-state index contributed by atoms with van der Waals surface area (Å²) in [6, 6.07) is 0.621. The molecule has 0 bridgehead atoms. The Balaban J connectivity index is 1.76. The molecule has 0 radical (unpaired) electrons. The standard InChI is InChI=1S/C12H19N5O/c18-11-7-13-10(6-14-11)12-16-15-8-17(12)9-4-2-1-3-5-9/h8-10,13H,1-7H2,(H,14,18). The molecule has 1 aliphatic heterocycles. The molecule has 1 unspecified atom stereocenters. The Bertz CT molecular complexity index is 414. The summed E-state index contributed by atoms with van der Waals surface area (Å²) in [6.45, 7) is 0.965.